The Kier molecular flexibility index (Phi) is 6.96. The van der Waals surface area contributed by atoms with E-state index in [2.05, 4.69) is 125 Å². The van der Waals surface area contributed by atoms with Crippen LogP contribution in [0, 0.1) is 27.7 Å². The molecule has 0 aliphatic rings. The van der Waals surface area contributed by atoms with Crippen LogP contribution in [0.15, 0.2) is 77.4 Å². The average Bonchev–Trinajstić information content (AvgIpc) is 2.70. The van der Waals surface area contributed by atoms with Gasteiger partial charge in [-0.3, -0.25) is 4.99 Å². The normalized spacial score (nSPS) is 12.7. The first-order valence-corrected chi connectivity index (χ1v) is 14.4. The van der Waals surface area contributed by atoms with Gasteiger partial charge in [-0.25, -0.2) is 0 Å². The Balaban J connectivity index is 2.24. The standard InChI is InChI=1S/C28H34N2Si/c1-20-13-11-14-21(2)26(20)29-25(19-24-17-9-8-10-18-24)28(31(5,6)7)30-27-22(3)15-12-16-23(27)4/h8-19,29H,1-7H3. The van der Waals surface area contributed by atoms with E-state index in [-0.39, 0.29) is 0 Å². The number of hydrogen-bond donors (Lipinski definition) is 1. The summed E-state index contributed by atoms with van der Waals surface area (Å²) in [6.45, 7) is 15.7. The third-order valence-corrected chi connectivity index (χ3v) is 7.28. The molecule has 3 aromatic carbocycles. The first-order valence-electron chi connectivity index (χ1n) is 10.9. The van der Waals surface area contributed by atoms with Gasteiger partial charge in [0.15, 0.2) is 0 Å². The van der Waals surface area contributed by atoms with Crippen LogP contribution >= 0.6 is 0 Å². The summed E-state index contributed by atoms with van der Waals surface area (Å²) < 4.78 is 0. The molecule has 0 aliphatic carbocycles. The van der Waals surface area contributed by atoms with E-state index < -0.39 is 8.07 Å². The summed E-state index contributed by atoms with van der Waals surface area (Å²) >= 11 is 0. The number of benzene rings is 3. The van der Waals surface area contributed by atoms with Crippen molar-refractivity contribution >= 4 is 30.9 Å². The second-order valence-corrected chi connectivity index (χ2v) is 14.3. The van der Waals surface area contributed by atoms with Crippen LogP contribution in [0.5, 0.6) is 0 Å². The van der Waals surface area contributed by atoms with Gasteiger partial charge in [-0.05, 0) is 61.6 Å². The van der Waals surface area contributed by atoms with Crippen molar-refractivity contribution in [1.29, 1.82) is 0 Å². The molecule has 31 heavy (non-hydrogen) atoms. The van der Waals surface area contributed by atoms with E-state index in [0.29, 0.717) is 0 Å². The molecule has 0 radical (unpaired) electrons. The van der Waals surface area contributed by atoms with E-state index in [1.165, 1.54) is 33.2 Å². The summed E-state index contributed by atoms with van der Waals surface area (Å²) in [5.74, 6) is 0. The van der Waals surface area contributed by atoms with Gasteiger partial charge in [-0.15, -0.1) is 0 Å². The Morgan fingerprint density at radius 3 is 1.74 bits per heavy atom. The highest BCUT2D eigenvalue weighted by Crippen LogP contribution is 2.29. The quantitative estimate of drug-likeness (QED) is 0.313. The van der Waals surface area contributed by atoms with E-state index in [9.17, 15) is 0 Å². The Bertz CT molecular complexity index is 1080. The number of allylic oxidation sites excluding steroid dienone is 1. The van der Waals surface area contributed by atoms with E-state index in [4.69, 9.17) is 4.99 Å². The molecule has 0 amide bonds. The van der Waals surface area contributed by atoms with E-state index >= 15 is 0 Å². The molecule has 0 aliphatic heterocycles. The lowest BCUT2D eigenvalue weighted by atomic mass is 10.1. The minimum absolute atomic E-state index is 1.09. The SMILES string of the molecule is Cc1cccc(C)c1N=C(C(=Cc1ccccc1)Nc1c(C)cccc1C)[Si](C)(C)C. The first-order chi connectivity index (χ1) is 14.7. The zero-order valence-electron chi connectivity index (χ0n) is 19.9. The molecule has 160 valence electrons. The third-order valence-electron chi connectivity index (χ3n) is 5.48. The number of para-hydroxylation sites is 2. The number of nitrogens with one attached hydrogen (secondary N) is 1. The van der Waals surface area contributed by atoms with Gasteiger partial charge in [0.25, 0.3) is 0 Å². The van der Waals surface area contributed by atoms with Gasteiger partial charge in [0.05, 0.1) is 11.4 Å². The van der Waals surface area contributed by atoms with E-state index in [1.807, 2.05) is 0 Å². The van der Waals surface area contributed by atoms with Crippen LogP contribution < -0.4 is 5.32 Å². The fraction of sp³-hybridized carbons (Fsp3) is 0.250. The molecule has 2 nitrogen and oxygen atoms in total. The van der Waals surface area contributed by atoms with Crippen molar-refractivity contribution in [2.24, 2.45) is 4.99 Å². The minimum atomic E-state index is -1.80. The first kappa shape index (κ1) is 22.8. The monoisotopic (exact) mass is 426 g/mol. The van der Waals surface area contributed by atoms with Crippen LogP contribution in [0.25, 0.3) is 6.08 Å². The average molecular weight is 427 g/mol. The number of anilines is 1. The van der Waals surface area contributed by atoms with Gasteiger partial charge in [-0.2, -0.15) is 0 Å². The molecule has 1 N–H and O–H groups in total. The number of aliphatic imine (C=N–C) groups is 1. The largest absolute Gasteiger partial charge is 0.354 e. The smallest absolute Gasteiger partial charge is 0.104 e. The van der Waals surface area contributed by atoms with Crippen molar-refractivity contribution in [3.63, 3.8) is 0 Å². The Labute approximate surface area is 188 Å². The minimum Gasteiger partial charge on any atom is -0.354 e. The molecule has 0 atom stereocenters. The van der Waals surface area contributed by atoms with Gasteiger partial charge < -0.3 is 5.32 Å². The van der Waals surface area contributed by atoms with Crippen LogP contribution in [0.3, 0.4) is 0 Å². The van der Waals surface area contributed by atoms with Crippen molar-refractivity contribution in [1.82, 2.24) is 0 Å². The van der Waals surface area contributed by atoms with Gasteiger partial charge in [0.2, 0.25) is 0 Å². The second-order valence-electron chi connectivity index (χ2n) is 9.31. The van der Waals surface area contributed by atoms with Crippen molar-refractivity contribution in [3.8, 4) is 0 Å². The lowest BCUT2D eigenvalue weighted by Crippen LogP contribution is -2.37. The predicted molar refractivity (Wildman–Crippen MR) is 140 cm³/mol. The van der Waals surface area contributed by atoms with Gasteiger partial charge in [0, 0.05) is 11.0 Å². The summed E-state index contributed by atoms with van der Waals surface area (Å²) in [5.41, 5.74) is 9.40. The molecule has 3 rings (SSSR count). The highest BCUT2D eigenvalue weighted by molar-refractivity contribution is 7.06. The molecule has 0 saturated heterocycles. The molecule has 0 fully saturated rings. The van der Waals surface area contributed by atoms with Gasteiger partial charge in [-0.1, -0.05) is 86.4 Å². The highest BCUT2D eigenvalue weighted by atomic mass is 28.3. The van der Waals surface area contributed by atoms with Crippen molar-refractivity contribution < 1.29 is 0 Å². The maximum atomic E-state index is 5.33. The van der Waals surface area contributed by atoms with Crippen LogP contribution in [0.2, 0.25) is 19.6 Å². The Morgan fingerprint density at radius 1 is 0.710 bits per heavy atom. The summed E-state index contributed by atoms with van der Waals surface area (Å²) in [4.78, 5) is 5.33. The maximum Gasteiger partial charge on any atom is 0.104 e. The van der Waals surface area contributed by atoms with Gasteiger partial charge >= 0.3 is 0 Å². The summed E-state index contributed by atoms with van der Waals surface area (Å²) in [6, 6.07) is 23.3. The molecule has 0 spiro atoms. The van der Waals surface area contributed by atoms with Crippen LogP contribution in [0.4, 0.5) is 11.4 Å². The predicted octanol–water partition coefficient (Wildman–Crippen LogP) is 8.02. The molecule has 0 aromatic heterocycles. The van der Waals surface area contributed by atoms with E-state index in [0.717, 1.165) is 17.1 Å². The molecule has 0 unspecified atom stereocenters. The van der Waals surface area contributed by atoms with Crippen LogP contribution in [-0.2, 0) is 0 Å². The summed E-state index contributed by atoms with van der Waals surface area (Å²) in [7, 11) is -1.80. The van der Waals surface area contributed by atoms with Gasteiger partial charge in [0.1, 0.15) is 8.07 Å². The molecular weight excluding hydrogens is 392 g/mol. The molecular formula is C28H34N2Si. The van der Waals surface area contributed by atoms with Crippen LogP contribution in [-0.4, -0.2) is 13.4 Å². The lowest BCUT2D eigenvalue weighted by Gasteiger charge is -2.25. The zero-order valence-corrected chi connectivity index (χ0v) is 20.9. The van der Waals surface area contributed by atoms with Crippen molar-refractivity contribution in [2.75, 3.05) is 5.32 Å². The van der Waals surface area contributed by atoms with E-state index in [1.54, 1.807) is 0 Å². The second kappa shape index (κ2) is 9.48. The number of nitrogens with zero attached hydrogens (tertiary/aromatic N) is 1. The molecule has 3 aromatic rings. The lowest BCUT2D eigenvalue weighted by molar-refractivity contribution is 1.32. The summed E-state index contributed by atoms with van der Waals surface area (Å²) in [6.07, 6.45) is 2.25. The van der Waals surface area contributed by atoms with Crippen LogP contribution in [0.1, 0.15) is 27.8 Å². The molecule has 0 heterocycles. The number of aryl methyl sites for hydroxylation is 4. The fourth-order valence-corrected chi connectivity index (χ4v) is 5.14. The highest BCUT2D eigenvalue weighted by Gasteiger charge is 2.26. The molecule has 3 heteroatoms. The third kappa shape index (κ3) is 5.62. The topological polar surface area (TPSA) is 24.4 Å². The summed E-state index contributed by atoms with van der Waals surface area (Å²) in [5, 5.41) is 4.97. The number of hydrogen-bond acceptors (Lipinski definition) is 2. The molecule has 0 saturated carbocycles. The Morgan fingerprint density at radius 2 is 1.23 bits per heavy atom. The van der Waals surface area contributed by atoms with Crippen molar-refractivity contribution in [2.45, 2.75) is 47.3 Å². The maximum absolute atomic E-state index is 5.33. The number of rotatable bonds is 6. The Hall–Kier alpha value is -2.91. The van der Waals surface area contributed by atoms with Crippen molar-refractivity contribution in [3.05, 3.63) is 100 Å². The zero-order chi connectivity index (χ0) is 22.6. The fourth-order valence-electron chi connectivity index (χ4n) is 3.75. The molecule has 0 bridgehead atoms.